The number of rotatable bonds is 3. The molecule has 0 bridgehead atoms. The first kappa shape index (κ1) is 20.9. The lowest BCUT2D eigenvalue weighted by atomic mass is 9.87. The molecule has 1 heterocycles. The minimum absolute atomic E-state index is 0.0820. The first-order valence-electron chi connectivity index (χ1n) is 9.83. The van der Waals surface area contributed by atoms with Crippen LogP contribution < -0.4 is 10.5 Å². The topological polar surface area (TPSA) is 69.4 Å². The first-order valence-corrected chi connectivity index (χ1v) is 12.1. The molecule has 0 radical (unpaired) electrons. The Labute approximate surface area is 195 Å². The van der Waals surface area contributed by atoms with E-state index in [1.807, 2.05) is 36.4 Å². The summed E-state index contributed by atoms with van der Waals surface area (Å²) in [6, 6.07) is 24.6. The maximum atomic E-state index is 13.8. The monoisotopic (exact) mass is 481 g/mol. The molecule has 0 saturated heterocycles. The predicted octanol–water partition coefficient (Wildman–Crippen LogP) is 6.27. The first-order chi connectivity index (χ1) is 15.4. The van der Waals surface area contributed by atoms with Gasteiger partial charge >= 0.3 is 0 Å². The van der Waals surface area contributed by atoms with Crippen molar-refractivity contribution in [2.24, 2.45) is 5.73 Å². The van der Waals surface area contributed by atoms with Crippen molar-refractivity contribution in [3.8, 4) is 5.75 Å². The van der Waals surface area contributed by atoms with Gasteiger partial charge in [-0.15, -0.1) is 0 Å². The van der Waals surface area contributed by atoms with E-state index < -0.39 is 15.8 Å². The molecular weight excluding hydrogens is 465 g/mol. The number of halogens is 2. The van der Waals surface area contributed by atoms with Crippen LogP contribution in [-0.4, -0.2) is 8.42 Å². The largest absolute Gasteiger partial charge is 0.440 e. The van der Waals surface area contributed by atoms with Crippen LogP contribution in [0.4, 0.5) is 0 Å². The lowest BCUT2D eigenvalue weighted by molar-refractivity contribution is 0.399. The Bertz CT molecular complexity index is 1480. The van der Waals surface area contributed by atoms with Crippen LogP contribution in [0.2, 0.25) is 10.0 Å². The van der Waals surface area contributed by atoms with Crippen molar-refractivity contribution >= 4 is 43.8 Å². The van der Waals surface area contributed by atoms with Gasteiger partial charge in [-0.1, -0.05) is 83.9 Å². The normalized spacial score (nSPS) is 16.0. The predicted molar refractivity (Wildman–Crippen MR) is 128 cm³/mol. The number of sulfone groups is 1. The van der Waals surface area contributed by atoms with Gasteiger partial charge in [-0.05, 0) is 29.7 Å². The Morgan fingerprint density at radius 3 is 2.16 bits per heavy atom. The molecule has 4 nitrogen and oxygen atoms in total. The highest BCUT2D eigenvalue weighted by molar-refractivity contribution is 7.95. The van der Waals surface area contributed by atoms with Crippen molar-refractivity contribution in [2.45, 2.75) is 10.8 Å². The van der Waals surface area contributed by atoms with E-state index in [0.29, 0.717) is 26.9 Å². The summed E-state index contributed by atoms with van der Waals surface area (Å²) < 4.78 is 33.5. The Kier molecular flexibility index (Phi) is 5.13. The van der Waals surface area contributed by atoms with E-state index in [2.05, 4.69) is 0 Å². The molecule has 7 heteroatoms. The molecule has 1 unspecified atom stereocenters. The molecule has 1 aliphatic heterocycles. The summed E-state index contributed by atoms with van der Waals surface area (Å²) >= 11 is 13.1. The average molecular weight is 482 g/mol. The zero-order valence-electron chi connectivity index (χ0n) is 16.6. The van der Waals surface area contributed by atoms with Crippen molar-refractivity contribution < 1.29 is 13.2 Å². The molecule has 0 aromatic heterocycles. The number of hydrogen-bond donors (Lipinski definition) is 1. The average Bonchev–Trinajstić information content (AvgIpc) is 2.79. The highest BCUT2D eigenvalue weighted by Crippen LogP contribution is 2.51. The minimum Gasteiger partial charge on any atom is -0.440 e. The van der Waals surface area contributed by atoms with E-state index in [1.54, 1.807) is 36.4 Å². The maximum absolute atomic E-state index is 13.8. The quantitative estimate of drug-likeness (QED) is 0.374. The molecule has 0 saturated carbocycles. The van der Waals surface area contributed by atoms with Gasteiger partial charge in [0, 0.05) is 26.6 Å². The van der Waals surface area contributed by atoms with Crippen LogP contribution in [0, 0.1) is 0 Å². The molecule has 0 amide bonds. The fourth-order valence-corrected chi connectivity index (χ4v) is 6.38. The summed E-state index contributed by atoms with van der Waals surface area (Å²) in [4.78, 5) is 0.0282. The van der Waals surface area contributed by atoms with Crippen molar-refractivity contribution in [1.29, 1.82) is 0 Å². The zero-order chi connectivity index (χ0) is 22.5. The standard InChI is InChI=1S/C25H17Cl2NO3S/c26-19-11-6-12-20(27)22(19)21-18-14-13-15-7-4-5-10-17(15)23(18)31-25(28)24(21)32(29,30)16-8-2-1-3-9-16/h1-14,21H,28H2. The molecule has 1 atom stereocenters. The number of allylic oxidation sites excluding steroid dienone is 1. The molecule has 2 N–H and O–H groups in total. The van der Waals surface area contributed by atoms with Crippen LogP contribution in [-0.2, 0) is 9.84 Å². The van der Waals surface area contributed by atoms with Crippen LogP contribution in [0.25, 0.3) is 10.8 Å². The fraction of sp³-hybridized carbons (Fsp3) is 0.0400. The minimum atomic E-state index is -4.03. The zero-order valence-corrected chi connectivity index (χ0v) is 19.0. The smallest absolute Gasteiger partial charge is 0.208 e. The molecule has 4 aromatic rings. The van der Waals surface area contributed by atoms with E-state index in [9.17, 15) is 8.42 Å². The maximum Gasteiger partial charge on any atom is 0.208 e. The van der Waals surface area contributed by atoms with Crippen molar-refractivity contribution in [2.75, 3.05) is 0 Å². The second-order valence-corrected chi connectivity index (χ2v) is 10.2. The Hall–Kier alpha value is -2.99. The van der Waals surface area contributed by atoms with Gasteiger partial charge in [0.05, 0.1) is 10.8 Å². The van der Waals surface area contributed by atoms with E-state index in [0.717, 1.165) is 10.8 Å². The summed E-state index contributed by atoms with van der Waals surface area (Å²) in [5, 5.41) is 2.45. The van der Waals surface area contributed by atoms with Gasteiger partial charge < -0.3 is 10.5 Å². The van der Waals surface area contributed by atoms with E-state index in [4.69, 9.17) is 33.7 Å². The highest BCUT2D eigenvalue weighted by atomic mass is 35.5. The van der Waals surface area contributed by atoms with Crippen molar-refractivity contribution in [3.05, 3.63) is 117 Å². The number of hydrogen-bond acceptors (Lipinski definition) is 4. The van der Waals surface area contributed by atoms with Gasteiger partial charge in [-0.2, -0.15) is 0 Å². The number of nitrogens with two attached hydrogens (primary N) is 1. The molecule has 160 valence electrons. The molecule has 4 aromatic carbocycles. The molecule has 0 fully saturated rings. The van der Waals surface area contributed by atoms with Gasteiger partial charge in [-0.3, -0.25) is 0 Å². The number of ether oxygens (including phenoxy) is 1. The van der Waals surface area contributed by atoms with Gasteiger partial charge in [0.2, 0.25) is 15.7 Å². The molecule has 0 spiro atoms. The summed E-state index contributed by atoms with van der Waals surface area (Å²) in [7, 11) is -4.03. The van der Waals surface area contributed by atoms with Crippen LogP contribution in [0.5, 0.6) is 5.75 Å². The van der Waals surface area contributed by atoms with E-state index in [1.165, 1.54) is 12.1 Å². The van der Waals surface area contributed by atoms with Gasteiger partial charge in [-0.25, -0.2) is 8.42 Å². The highest BCUT2D eigenvalue weighted by Gasteiger charge is 2.41. The summed E-state index contributed by atoms with van der Waals surface area (Å²) in [5.74, 6) is -0.540. The van der Waals surface area contributed by atoms with Crippen LogP contribution in [0.15, 0.2) is 101 Å². The fourth-order valence-electron chi connectivity index (χ4n) is 4.13. The van der Waals surface area contributed by atoms with Crippen LogP contribution in [0.3, 0.4) is 0 Å². The lowest BCUT2D eigenvalue weighted by Gasteiger charge is -2.31. The summed E-state index contributed by atoms with van der Waals surface area (Å²) in [6.45, 7) is 0. The number of fused-ring (bicyclic) bond motifs is 3. The van der Waals surface area contributed by atoms with Gasteiger partial charge in [0.15, 0.2) is 0 Å². The summed E-state index contributed by atoms with van der Waals surface area (Å²) in [5.41, 5.74) is 7.42. The third kappa shape index (κ3) is 3.25. The molecule has 5 rings (SSSR count). The van der Waals surface area contributed by atoms with Crippen LogP contribution >= 0.6 is 23.2 Å². The van der Waals surface area contributed by atoms with Gasteiger partial charge in [0.25, 0.3) is 0 Å². The lowest BCUT2D eigenvalue weighted by Crippen LogP contribution is -2.27. The van der Waals surface area contributed by atoms with Gasteiger partial charge in [0.1, 0.15) is 10.7 Å². The summed E-state index contributed by atoms with van der Waals surface area (Å²) in [6.07, 6.45) is 0. The molecular formula is C25H17Cl2NO3S. The Balaban J connectivity index is 1.86. The van der Waals surface area contributed by atoms with Crippen LogP contribution in [0.1, 0.15) is 17.0 Å². The van der Waals surface area contributed by atoms with Crippen molar-refractivity contribution in [1.82, 2.24) is 0 Å². The third-order valence-electron chi connectivity index (χ3n) is 5.57. The SMILES string of the molecule is NC1=C(S(=O)(=O)c2ccccc2)C(c2c(Cl)cccc2Cl)c2ccc3ccccc3c2O1. The van der Waals surface area contributed by atoms with E-state index in [-0.39, 0.29) is 15.7 Å². The molecule has 0 aliphatic carbocycles. The van der Waals surface area contributed by atoms with E-state index >= 15 is 0 Å². The Morgan fingerprint density at radius 1 is 0.781 bits per heavy atom. The molecule has 1 aliphatic rings. The molecule has 32 heavy (non-hydrogen) atoms. The second-order valence-electron chi connectivity index (χ2n) is 7.42. The Morgan fingerprint density at radius 2 is 1.44 bits per heavy atom. The van der Waals surface area contributed by atoms with Crippen molar-refractivity contribution in [3.63, 3.8) is 0 Å². The second kappa shape index (κ2) is 7.85. The third-order valence-corrected chi connectivity index (χ3v) is 8.14. The number of benzene rings is 4.